The molecule has 0 saturated carbocycles. The molecular formula is C18H18O3. The summed E-state index contributed by atoms with van der Waals surface area (Å²) in [5.74, 6) is 0.0293. The van der Waals surface area contributed by atoms with Crippen LogP contribution in [0.1, 0.15) is 38.9 Å². The van der Waals surface area contributed by atoms with Crippen LogP contribution in [0.25, 0.3) is 0 Å². The lowest BCUT2D eigenvalue weighted by atomic mass is 9.98. The number of rotatable bonds is 3. The molecule has 2 aromatic carbocycles. The summed E-state index contributed by atoms with van der Waals surface area (Å²) in [6.45, 7) is 5.20. The fourth-order valence-electron chi connectivity index (χ4n) is 2.65. The van der Waals surface area contributed by atoms with Crippen molar-refractivity contribution in [1.29, 1.82) is 0 Å². The van der Waals surface area contributed by atoms with Crippen LogP contribution < -0.4 is 0 Å². The smallest absolute Gasteiger partial charge is 0.193 e. The van der Waals surface area contributed by atoms with Gasteiger partial charge in [0.25, 0.3) is 0 Å². The van der Waals surface area contributed by atoms with E-state index in [0.29, 0.717) is 18.8 Å². The fraction of sp³-hybridized carbons (Fsp3) is 0.278. The highest BCUT2D eigenvalue weighted by atomic mass is 16.7. The van der Waals surface area contributed by atoms with E-state index >= 15 is 0 Å². The van der Waals surface area contributed by atoms with Crippen LogP contribution in [0.4, 0.5) is 0 Å². The van der Waals surface area contributed by atoms with Gasteiger partial charge in [-0.05, 0) is 32.0 Å². The van der Waals surface area contributed by atoms with Gasteiger partial charge in [0.1, 0.15) is 0 Å². The van der Waals surface area contributed by atoms with Crippen molar-refractivity contribution in [3.63, 3.8) is 0 Å². The molecule has 1 saturated heterocycles. The molecule has 0 aromatic heterocycles. The molecule has 3 rings (SSSR count). The quantitative estimate of drug-likeness (QED) is 0.807. The molecule has 0 N–H and O–H groups in total. The summed E-state index contributed by atoms with van der Waals surface area (Å²) in [7, 11) is 0. The van der Waals surface area contributed by atoms with Crippen LogP contribution in [-0.4, -0.2) is 19.0 Å². The van der Waals surface area contributed by atoms with Gasteiger partial charge in [-0.15, -0.1) is 0 Å². The van der Waals surface area contributed by atoms with Gasteiger partial charge in [0.2, 0.25) is 0 Å². The monoisotopic (exact) mass is 282 g/mol. The summed E-state index contributed by atoms with van der Waals surface area (Å²) in [4.78, 5) is 12.6. The van der Waals surface area contributed by atoms with Crippen molar-refractivity contribution < 1.29 is 14.3 Å². The van der Waals surface area contributed by atoms with E-state index in [1.165, 1.54) is 0 Å². The van der Waals surface area contributed by atoms with Crippen molar-refractivity contribution in [2.75, 3.05) is 13.2 Å². The fourth-order valence-corrected chi connectivity index (χ4v) is 2.65. The Labute approximate surface area is 124 Å². The lowest BCUT2D eigenvalue weighted by molar-refractivity contribution is -0.0441. The first-order chi connectivity index (χ1) is 10.1. The van der Waals surface area contributed by atoms with E-state index in [1.807, 2.05) is 50.2 Å². The number of benzene rings is 2. The van der Waals surface area contributed by atoms with Crippen molar-refractivity contribution in [2.45, 2.75) is 20.1 Å². The van der Waals surface area contributed by atoms with Gasteiger partial charge in [0, 0.05) is 16.7 Å². The minimum absolute atomic E-state index is 0.0293. The minimum atomic E-state index is -0.350. The highest BCUT2D eigenvalue weighted by molar-refractivity contribution is 6.09. The molecular weight excluding hydrogens is 264 g/mol. The summed E-state index contributed by atoms with van der Waals surface area (Å²) in [5.41, 5.74) is 4.46. The average Bonchev–Trinajstić information content (AvgIpc) is 3.00. The highest BCUT2D eigenvalue weighted by Gasteiger charge is 2.19. The van der Waals surface area contributed by atoms with E-state index in [9.17, 15) is 4.79 Å². The molecule has 21 heavy (non-hydrogen) atoms. The molecule has 0 radical (unpaired) electrons. The molecule has 0 spiro atoms. The topological polar surface area (TPSA) is 35.5 Å². The Morgan fingerprint density at radius 1 is 0.952 bits per heavy atom. The van der Waals surface area contributed by atoms with Crippen molar-refractivity contribution >= 4 is 5.78 Å². The van der Waals surface area contributed by atoms with Crippen LogP contribution in [0.3, 0.4) is 0 Å². The Morgan fingerprint density at radius 3 is 2.29 bits per heavy atom. The molecule has 0 amide bonds. The summed E-state index contributed by atoms with van der Waals surface area (Å²) in [6, 6.07) is 13.4. The third kappa shape index (κ3) is 3.04. The van der Waals surface area contributed by atoms with Crippen molar-refractivity contribution in [3.05, 3.63) is 70.3 Å². The zero-order valence-electron chi connectivity index (χ0n) is 12.3. The van der Waals surface area contributed by atoms with E-state index in [4.69, 9.17) is 9.47 Å². The molecule has 3 nitrogen and oxygen atoms in total. The van der Waals surface area contributed by atoms with Crippen LogP contribution in [0.15, 0.2) is 42.5 Å². The third-order valence-electron chi connectivity index (χ3n) is 3.53. The Morgan fingerprint density at radius 2 is 1.62 bits per heavy atom. The van der Waals surface area contributed by atoms with Crippen molar-refractivity contribution in [1.82, 2.24) is 0 Å². The second kappa shape index (κ2) is 5.80. The highest BCUT2D eigenvalue weighted by Crippen LogP contribution is 2.24. The standard InChI is InChI=1S/C18H18O3/c1-12-8-13(2)10-16(9-12)17(19)14-4-3-5-15(11-14)18-20-6-7-21-18/h3-5,8-11,18H,6-7H2,1-2H3. The first-order valence-electron chi connectivity index (χ1n) is 7.09. The molecule has 108 valence electrons. The molecule has 1 heterocycles. The van der Waals surface area contributed by atoms with E-state index < -0.39 is 0 Å². The summed E-state index contributed by atoms with van der Waals surface area (Å²) < 4.78 is 11.0. The average molecular weight is 282 g/mol. The van der Waals surface area contributed by atoms with Crippen LogP contribution in [-0.2, 0) is 9.47 Å². The van der Waals surface area contributed by atoms with E-state index in [2.05, 4.69) is 6.07 Å². The Bertz CT molecular complexity index is 650. The van der Waals surface area contributed by atoms with Crippen LogP contribution in [0.5, 0.6) is 0 Å². The number of carbonyl (C=O) groups excluding carboxylic acids is 1. The number of carbonyl (C=O) groups is 1. The maximum Gasteiger partial charge on any atom is 0.193 e. The SMILES string of the molecule is Cc1cc(C)cc(C(=O)c2cccc(C3OCCO3)c2)c1. The van der Waals surface area contributed by atoms with E-state index in [1.54, 1.807) is 0 Å². The predicted molar refractivity (Wildman–Crippen MR) is 80.4 cm³/mol. The van der Waals surface area contributed by atoms with Gasteiger partial charge < -0.3 is 9.47 Å². The molecule has 0 unspecified atom stereocenters. The summed E-state index contributed by atoms with van der Waals surface area (Å²) in [6.07, 6.45) is -0.350. The Hall–Kier alpha value is -1.97. The Balaban J connectivity index is 1.92. The van der Waals surface area contributed by atoms with Crippen molar-refractivity contribution in [2.24, 2.45) is 0 Å². The molecule has 1 aliphatic rings. The van der Waals surface area contributed by atoms with Gasteiger partial charge in [-0.25, -0.2) is 0 Å². The van der Waals surface area contributed by atoms with Gasteiger partial charge in [-0.3, -0.25) is 4.79 Å². The first kappa shape index (κ1) is 14.0. The molecule has 1 fully saturated rings. The maximum absolute atomic E-state index is 12.6. The third-order valence-corrected chi connectivity index (χ3v) is 3.53. The first-order valence-corrected chi connectivity index (χ1v) is 7.09. The maximum atomic E-state index is 12.6. The van der Waals surface area contributed by atoms with Gasteiger partial charge in [-0.2, -0.15) is 0 Å². The van der Waals surface area contributed by atoms with Gasteiger partial charge >= 0.3 is 0 Å². The zero-order chi connectivity index (χ0) is 14.8. The minimum Gasteiger partial charge on any atom is -0.346 e. The largest absolute Gasteiger partial charge is 0.346 e. The second-order valence-electron chi connectivity index (χ2n) is 5.40. The summed E-state index contributed by atoms with van der Waals surface area (Å²) in [5, 5.41) is 0. The second-order valence-corrected chi connectivity index (χ2v) is 5.40. The number of ketones is 1. The van der Waals surface area contributed by atoms with E-state index in [-0.39, 0.29) is 12.1 Å². The predicted octanol–water partition coefficient (Wildman–Crippen LogP) is 3.58. The van der Waals surface area contributed by atoms with E-state index in [0.717, 1.165) is 22.3 Å². The van der Waals surface area contributed by atoms with Crippen LogP contribution >= 0.6 is 0 Å². The lowest BCUT2D eigenvalue weighted by Crippen LogP contribution is -2.05. The van der Waals surface area contributed by atoms with Gasteiger partial charge in [-0.1, -0.05) is 35.4 Å². The van der Waals surface area contributed by atoms with Crippen LogP contribution in [0.2, 0.25) is 0 Å². The number of hydrogen-bond acceptors (Lipinski definition) is 3. The summed E-state index contributed by atoms with van der Waals surface area (Å²) >= 11 is 0. The Kier molecular flexibility index (Phi) is 3.86. The molecule has 1 aliphatic heterocycles. The number of aryl methyl sites for hydroxylation is 2. The lowest BCUT2D eigenvalue weighted by Gasteiger charge is -2.11. The molecule has 2 aromatic rings. The zero-order valence-corrected chi connectivity index (χ0v) is 12.3. The van der Waals surface area contributed by atoms with Crippen LogP contribution in [0, 0.1) is 13.8 Å². The van der Waals surface area contributed by atoms with Gasteiger partial charge in [0.15, 0.2) is 12.1 Å². The van der Waals surface area contributed by atoms with Crippen molar-refractivity contribution in [3.8, 4) is 0 Å². The normalized spacial score (nSPS) is 15.3. The molecule has 3 heteroatoms. The number of ether oxygens (including phenoxy) is 2. The number of hydrogen-bond donors (Lipinski definition) is 0. The van der Waals surface area contributed by atoms with Gasteiger partial charge in [0.05, 0.1) is 13.2 Å². The molecule has 0 bridgehead atoms. The molecule has 0 aliphatic carbocycles. The molecule has 0 atom stereocenters.